The number of anilines is 1. The van der Waals surface area contributed by atoms with Crippen LogP contribution in [0.1, 0.15) is 20.3 Å². The van der Waals surface area contributed by atoms with Gasteiger partial charge in [-0.05, 0) is 12.3 Å². The van der Waals surface area contributed by atoms with E-state index in [0.29, 0.717) is 19.0 Å². The van der Waals surface area contributed by atoms with Gasteiger partial charge in [-0.15, -0.1) is 0 Å². The Hall–Kier alpha value is -1.76. The van der Waals surface area contributed by atoms with Crippen molar-refractivity contribution in [3.05, 3.63) is 33.9 Å². The molecule has 1 rings (SSSR count). The molecule has 1 aromatic carbocycles. The molecule has 0 aliphatic carbocycles. The number of halogens is 2. The number of rotatable bonds is 6. The molecule has 1 aromatic rings. The molecule has 0 bridgehead atoms. The smallest absolute Gasteiger partial charge is 0.328 e. The van der Waals surface area contributed by atoms with Gasteiger partial charge in [0.1, 0.15) is 11.5 Å². The summed E-state index contributed by atoms with van der Waals surface area (Å²) in [5.41, 5.74) is 5.10. The van der Waals surface area contributed by atoms with E-state index in [0.717, 1.165) is 6.07 Å². The van der Waals surface area contributed by atoms with Gasteiger partial charge in [0.05, 0.1) is 4.92 Å². The molecule has 0 spiro atoms. The molecule has 0 amide bonds. The van der Waals surface area contributed by atoms with Crippen LogP contribution in [-0.4, -0.2) is 24.6 Å². The Morgan fingerprint density at radius 3 is 2.50 bits per heavy atom. The molecular weight excluding hydrogens is 268 g/mol. The highest BCUT2D eigenvalue weighted by Crippen LogP contribution is 2.31. The number of nitrogens with zero attached hydrogens (tertiary/aromatic N) is 2. The topological polar surface area (TPSA) is 72.4 Å². The predicted molar refractivity (Wildman–Crippen MR) is 73.7 cm³/mol. The van der Waals surface area contributed by atoms with Gasteiger partial charge in [-0.1, -0.05) is 13.8 Å². The fourth-order valence-electron chi connectivity index (χ4n) is 1.82. The Bertz CT molecular complexity index is 495. The van der Waals surface area contributed by atoms with E-state index in [1.54, 1.807) is 7.05 Å². The van der Waals surface area contributed by atoms with Crippen LogP contribution in [0, 0.1) is 27.7 Å². The van der Waals surface area contributed by atoms with Crippen LogP contribution in [0.15, 0.2) is 12.1 Å². The predicted octanol–water partition coefficient (Wildman–Crippen LogP) is 2.68. The van der Waals surface area contributed by atoms with Crippen LogP contribution in [0.25, 0.3) is 0 Å². The van der Waals surface area contributed by atoms with E-state index >= 15 is 0 Å². The van der Waals surface area contributed by atoms with Crippen molar-refractivity contribution in [1.29, 1.82) is 0 Å². The van der Waals surface area contributed by atoms with Crippen LogP contribution < -0.4 is 10.6 Å². The van der Waals surface area contributed by atoms with Crippen LogP contribution in [0.5, 0.6) is 0 Å². The number of nitro benzene ring substituents is 1. The van der Waals surface area contributed by atoms with Crippen LogP contribution in [-0.2, 0) is 0 Å². The van der Waals surface area contributed by atoms with Gasteiger partial charge in [0.25, 0.3) is 0 Å². The van der Waals surface area contributed by atoms with Crippen molar-refractivity contribution >= 4 is 11.4 Å². The largest absolute Gasteiger partial charge is 0.369 e. The average molecular weight is 287 g/mol. The van der Waals surface area contributed by atoms with E-state index in [1.165, 1.54) is 4.90 Å². The van der Waals surface area contributed by atoms with Crippen molar-refractivity contribution in [2.24, 2.45) is 11.7 Å². The SMILES string of the molecule is CC(C)C(N)CCN(C)c1cc(F)cc(F)c1[N+](=O)[O-]. The van der Waals surface area contributed by atoms with Gasteiger partial charge in [-0.3, -0.25) is 10.1 Å². The van der Waals surface area contributed by atoms with E-state index in [9.17, 15) is 18.9 Å². The average Bonchev–Trinajstić information content (AvgIpc) is 2.33. The third-order valence-electron chi connectivity index (χ3n) is 3.26. The molecule has 0 fully saturated rings. The number of benzene rings is 1. The van der Waals surface area contributed by atoms with Crippen molar-refractivity contribution in [3.8, 4) is 0 Å². The lowest BCUT2D eigenvalue weighted by atomic mass is 10.0. The molecule has 0 aromatic heterocycles. The Kier molecular flexibility index (Phi) is 5.38. The summed E-state index contributed by atoms with van der Waals surface area (Å²) in [6, 6.07) is 1.40. The minimum absolute atomic E-state index is 0.0742. The molecule has 0 aliphatic rings. The first-order valence-corrected chi connectivity index (χ1v) is 6.34. The fourth-order valence-corrected chi connectivity index (χ4v) is 1.82. The zero-order chi connectivity index (χ0) is 15.4. The molecule has 0 saturated carbocycles. The first kappa shape index (κ1) is 16.3. The van der Waals surface area contributed by atoms with Gasteiger partial charge in [-0.25, -0.2) is 4.39 Å². The summed E-state index contributed by atoms with van der Waals surface area (Å²) in [4.78, 5) is 11.5. The molecule has 7 heteroatoms. The summed E-state index contributed by atoms with van der Waals surface area (Å²) in [7, 11) is 1.55. The van der Waals surface area contributed by atoms with Crippen molar-refractivity contribution < 1.29 is 13.7 Å². The van der Waals surface area contributed by atoms with Crippen LogP contribution in [0.4, 0.5) is 20.2 Å². The first-order valence-electron chi connectivity index (χ1n) is 6.34. The minimum Gasteiger partial charge on any atom is -0.369 e. The van der Waals surface area contributed by atoms with Crippen molar-refractivity contribution in [2.75, 3.05) is 18.5 Å². The van der Waals surface area contributed by atoms with E-state index < -0.39 is 22.2 Å². The van der Waals surface area contributed by atoms with Gasteiger partial charge < -0.3 is 10.6 Å². The molecule has 112 valence electrons. The number of nitrogens with two attached hydrogens (primary N) is 1. The lowest BCUT2D eigenvalue weighted by Crippen LogP contribution is -2.32. The van der Waals surface area contributed by atoms with Gasteiger partial charge in [0, 0.05) is 31.8 Å². The lowest BCUT2D eigenvalue weighted by Gasteiger charge is -2.23. The normalized spacial score (nSPS) is 12.6. The minimum atomic E-state index is -1.18. The molecule has 0 saturated heterocycles. The van der Waals surface area contributed by atoms with Crippen LogP contribution >= 0.6 is 0 Å². The Labute approximate surface area is 116 Å². The molecular formula is C13H19F2N3O2. The number of hydrogen-bond acceptors (Lipinski definition) is 4. The van der Waals surface area contributed by atoms with Gasteiger partial charge in [-0.2, -0.15) is 4.39 Å². The summed E-state index contributed by atoms with van der Waals surface area (Å²) in [5.74, 6) is -1.75. The Morgan fingerprint density at radius 2 is 2.00 bits per heavy atom. The number of nitro groups is 1. The summed E-state index contributed by atoms with van der Waals surface area (Å²) >= 11 is 0. The molecule has 5 nitrogen and oxygen atoms in total. The molecule has 1 unspecified atom stereocenters. The summed E-state index contributed by atoms with van der Waals surface area (Å²) in [6.45, 7) is 4.31. The monoisotopic (exact) mass is 287 g/mol. The highest BCUT2D eigenvalue weighted by atomic mass is 19.1. The summed E-state index contributed by atoms with van der Waals surface area (Å²) < 4.78 is 26.8. The summed E-state index contributed by atoms with van der Waals surface area (Å²) in [5, 5.41) is 10.9. The zero-order valence-electron chi connectivity index (χ0n) is 11.8. The standard InChI is InChI=1S/C13H19F2N3O2/c1-8(2)11(16)4-5-17(3)12-7-9(14)6-10(15)13(12)18(19)20/h6-8,11H,4-5,16H2,1-3H3. The second kappa shape index (κ2) is 6.60. The molecule has 2 N–H and O–H groups in total. The van der Waals surface area contributed by atoms with E-state index in [1.807, 2.05) is 13.8 Å². The number of hydrogen-bond donors (Lipinski definition) is 1. The van der Waals surface area contributed by atoms with E-state index in [4.69, 9.17) is 5.73 Å². The maximum absolute atomic E-state index is 13.5. The van der Waals surface area contributed by atoms with Crippen molar-refractivity contribution in [2.45, 2.75) is 26.3 Å². The van der Waals surface area contributed by atoms with Crippen molar-refractivity contribution in [1.82, 2.24) is 0 Å². The molecule has 1 atom stereocenters. The zero-order valence-corrected chi connectivity index (χ0v) is 11.8. The maximum Gasteiger partial charge on any atom is 0.328 e. The van der Waals surface area contributed by atoms with Gasteiger partial charge in [0.15, 0.2) is 0 Å². The third-order valence-corrected chi connectivity index (χ3v) is 3.26. The van der Waals surface area contributed by atoms with E-state index in [-0.39, 0.29) is 17.6 Å². The quantitative estimate of drug-likeness (QED) is 0.645. The first-order chi connectivity index (χ1) is 9.23. The highest BCUT2D eigenvalue weighted by molar-refractivity contribution is 5.63. The second-order valence-electron chi connectivity index (χ2n) is 5.13. The highest BCUT2D eigenvalue weighted by Gasteiger charge is 2.24. The maximum atomic E-state index is 13.5. The van der Waals surface area contributed by atoms with Crippen LogP contribution in [0.3, 0.4) is 0 Å². The lowest BCUT2D eigenvalue weighted by molar-refractivity contribution is -0.386. The van der Waals surface area contributed by atoms with E-state index in [2.05, 4.69) is 0 Å². The van der Waals surface area contributed by atoms with Crippen LogP contribution in [0.2, 0.25) is 0 Å². The Balaban J connectivity index is 2.97. The summed E-state index contributed by atoms with van der Waals surface area (Å²) in [6.07, 6.45) is 0.573. The van der Waals surface area contributed by atoms with Gasteiger partial charge in [0.2, 0.25) is 5.82 Å². The molecule has 0 heterocycles. The molecule has 0 radical (unpaired) electrons. The van der Waals surface area contributed by atoms with Gasteiger partial charge >= 0.3 is 5.69 Å². The molecule has 20 heavy (non-hydrogen) atoms. The second-order valence-corrected chi connectivity index (χ2v) is 5.13. The third kappa shape index (κ3) is 3.86. The fraction of sp³-hybridized carbons (Fsp3) is 0.538. The molecule has 0 aliphatic heterocycles. The van der Waals surface area contributed by atoms with Crippen molar-refractivity contribution in [3.63, 3.8) is 0 Å². The Morgan fingerprint density at radius 1 is 1.40 bits per heavy atom.